The van der Waals surface area contributed by atoms with E-state index in [1.807, 2.05) is 78.9 Å². The van der Waals surface area contributed by atoms with Crippen LogP contribution in [0, 0.1) is 0 Å². The van der Waals surface area contributed by atoms with Gasteiger partial charge in [-0.1, -0.05) is 72.8 Å². The van der Waals surface area contributed by atoms with E-state index in [0.717, 1.165) is 33.8 Å². The van der Waals surface area contributed by atoms with Gasteiger partial charge in [-0.25, -0.2) is 9.97 Å². The topological polar surface area (TPSA) is 51.8 Å². The smallest absolute Gasteiger partial charge is 0.160 e. The fourth-order valence-electron chi connectivity index (χ4n) is 2.72. The van der Waals surface area contributed by atoms with Crippen LogP contribution in [0.4, 0.5) is 5.69 Å². The van der Waals surface area contributed by atoms with Crippen molar-refractivity contribution in [3.8, 4) is 33.9 Å². The minimum Gasteiger partial charge on any atom is -0.399 e. The summed E-state index contributed by atoms with van der Waals surface area (Å²) in [6.45, 7) is 0. The van der Waals surface area contributed by atoms with Crippen LogP contribution in [0.5, 0.6) is 0 Å². The van der Waals surface area contributed by atoms with Crippen molar-refractivity contribution < 1.29 is 0 Å². The first-order valence-electron chi connectivity index (χ1n) is 8.15. The second kappa shape index (κ2) is 6.57. The van der Waals surface area contributed by atoms with Gasteiger partial charge in [-0.05, 0) is 18.2 Å². The number of benzene rings is 3. The maximum absolute atomic E-state index is 5.81. The zero-order valence-electron chi connectivity index (χ0n) is 13.6. The molecule has 3 aromatic carbocycles. The summed E-state index contributed by atoms with van der Waals surface area (Å²) in [6.07, 6.45) is 0. The van der Waals surface area contributed by atoms with Gasteiger partial charge in [0, 0.05) is 22.4 Å². The highest BCUT2D eigenvalue weighted by Gasteiger charge is 2.10. The average molecular weight is 323 g/mol. The van der Waals surface area contributed by atoms with Crippen molar-refractivity contribution in [2.75, 3.05) is 5.73 Å². The molecule has 0 bridgehead atoms. The first-order chi connectivity index (χ1) is 12.3. The third-order valence-electron chi connectivity index (χ3n) is 4.03. The molecule has 1 aromatic heterocycles. The summed E-state index contributed by atoms with van der Waals surface area (Å²) < 4.78 is 0. The lowest BCUT2D eigenvalue weighted by Crippen LogP contribution is -1.96. The normalized spacial score (nSPS) is 10.6. The van der Waals surface area contributed by atoms with Crippen molar-refractivity contribution in [3.05, 3.63) is 91.0 Å². The molecule has 0 spiro atoms. The van der Waals surface area contributed by atoms with E-state index in [1.165, 1.54) is 0 Å². The maximum Gasteiger partial charge on any atom is 0.160 e. The average Bonchev–Trinajstić information content (AvgIpc) is 2.69. The highest BCUT2D eigenvalue weighted by Crippen LogP contribution is 2.27. The first kappa shape index (κ1) is 15.1. The molecule has 0 aliphatic rings. The largest absolute Gasteiger partial charge is 0.399 e. The van der Waals surface area contributed by atoms with Crippen LogP contribution in [-0.4, -0.2) is 9.97 Å². The van der Waals surface area contributed by atoms with Gasteiger partial charge < -0.3 is 5.73 Å². The Balaban J connectivity index is 1.90. The summed E-state index contributed by atoms with van der Waals surface area (Å²) in [5.74, 6) is 0.716. The molecule has 3 heteroatoms. The number of hydrogen-bond donors (Lipinski definition) is 1. The Morgan fingerprint density at radius 3 is 1.56 bits per heavy atom. The second-order valence-corrected chi connectivity index (χ2v) is 5.82. The minimum absolute atomic E-state index is 0.716. The van der Waals surface area contributed by atoms with Crippen molar-refractivity contribution in [2.24, 2.45) is 0 Å². The van der Waals surface area contributed by atoms with Crippen molar-refractivity contribution >= 4 is 5.69 Å². The number of nitrogen functional groups attached to an aromatic ring is 1. The molecule has 0 unspecified atom stereocenters. The second-order valence-electron chi connectivity index (χ2n) is 5.82. The Morgan fingerprint density at radius 1 is 0.520 bits per heavy atom. The summed E-state index contributed by atoms with van der Waals surface area (Å²) in [5, 5.41) is 0. The zero-order valence-corrected chi connectivity index (χ0v) is 13.6. The Hall–Kier alpha value is -3.46. The molecule has 0 radical (unpaired) electrons. The van der Waals surface area contributed by atoms with Crippen LogP contribution >= 0.6 is 0 Å². The van der Waals surface area contributed by atoms with Gasteiger partial charge in [-0.2, -0.15) is 0 Å². The van der Waals surface area contributed by atoms with Gasteiger partial charge in [0.15, 0.2) is 5.82 Å². The number of aromatic nitrogens is 2. The van der Waals surface area contributed by atoms with E-state index >= 15 is 0 Å². The van der Waals surface area contributed by atoms with Crippen molar-refractivity contribution in [3.63, 3.8) is 0 Å². The predicted octanol–water partition coefficient (Wildman–Crippen LogP) is 5.06. The predicted molar refractivity (Wildman–Crippen MR) is 103 cm³/mol. The maximum atomic E-state index is 5.81. The lowest BCUT2D eigenvalue weighted by Gasteiger charge is -2.09. The van der Waals surface area contributed by atoms with E-state index in [-0.39, 0.29) is 0 Å². The van der Waals surface area contributed by atoms with E-state index in [2.05, 4.69) is 12.1 Å². The van der Waals surface area contributed by atoms with Crippen LogP contribution in [0.15, 0.2) is 91.0 Å². The summed E-state index contributed by atoms with van der Waals surface area (Å²) >= 11 is 0. The van der Waals surface area contributed by atoms with Crippen LogP contribution < -0.4 is 5.73 Å². The molecular weight excluding hydrogens is 306 g/mol. The Morgan fingerprint density at radius 2 is 1.00 bits per heavy atom. The monoisotopic (exact) mass is 323 g/mol. The van der Waals surface area contributed by atoms with E-state index in [0.29, 0.717) is 5.82 Å². The van der Waals surface area contributed by atoms with Gasteiger partial charge in [-0.3, -0.25) is 0 Å². The van der Waals surface area contributed by atoms with Gasteiger partial charge in [0.2, 0.25) is 0 Å². The van der Waals surface area contributed by atoms with Gasteiger partial charge in [-0.15, -0.1) is 0 Å². The Labute approximate surface area is 146 Å². The molecule has 2 N–H and O–H groups in total. The summed E-state index contributed by atoms with van der Waals surface area (Å²) in [5.41, 5.74) is 11.4. The van der Waals surface area contributed by atoms with Crippen molar-refractivity contribution in [1.29, 1.82) is 0 Å². The molecule has 0 atom stereocenters. The Kier molecular flexibility index (Phi) is 3.97. The van der Waals surface area contributed by atoms with Crippen molar-refractivity contribution in [2.45, 2.75) is 0 Å². The lowest BCUT2D eigenvalue weighted by atomic mass is 10.1. The standard InChI is InChI=1S/C22H17N3/c23-19-13-11-17(12-14-19)21-15-20(16-7-3-1-4-8-16)24-22(25-21)18-9-5-2-6-10-18/h1-15H,23H2. The van der Waals surface area contributed by atoms with E-state index < -0.39 is 0 Å². The number of rotatable bonds is 3. The van der Waals surface area contributed by atoms with Crippen LogP contribution in [0.25, 0.3) is 33.9 Å². The van der Waals surface area contributed by atoms with Gasteiger partial charge >= 0.3 is 0 Å². The molecule has 0 aliphatic carbocycles. The van der Waals surface area contributed by atoms with Crippen LogP contribution in [-0.2, 0) is 0 Å². The lowest BCUT2D eigenvalue weighted by molar-refractivity contribution is 1.18. The fraction of sp³-hybridized carbons (Fsp3) is 0. The molecule has 0 aliphatic heterocycles. The molecule has 25 heavy (non-hydrogen) atoms. The van der Waals surface area contributed by atoms with E-state index in [9.17, 15) is 0 Å². The number of nitrogens with zero attached hydrogens (tertiary/aromatic N) is 2. The van der Waals surface area contributed by atoms with Crippen LogP contribution in [0.3, 0.4) is 0 Å². The third kappa shape index (κ3) is 3.26. The number of anilines is 1. The minimum atomic E-state index is 0.716. The Bertz CT molecular complexity index is 921. The van der Waals surface area contributed by atoms with Gasteiger partial charge in [0.1, 0.15) is 0 Å². The SMILES string of the molecule is Nc1ccc(-c2cc(-c3ccccc3)nc(-c3ccccc3)n2)cc1. The highest BCUT2D eigenvalue weighted by atomic mass is 14.9. The fourth-order valence-corrected chi connectivity index (χ4v) is 2.72. The molecule has 0 fully saturated rings. The number of hydrogen-bond acceptors (Lipinski definition) is 3. The summed E-state index contributed by atoms with van der Waals surface area (Å²) in [4.78, 5) is 9.56. The molecule has 3 nitrogen and oxygen atoms in total. The van der Waals surface area contributed by atoms with E-state index in [1.54, 1.807) is 0 Å². The van der Waals surface area contributed by atoms with Crippen molar-refractivity contribution in [1.82, 2.24) is 9.97 Å². The molecule has 4 rings (SSSR count). The summed E-state index contributed by atoms with van der Waals surface area (Å²) in [6, 6.07) is 30.0. The van der Waals surface area contributed by atoms with Gasteiger partial charge in [0.25, 0.3) is 0 Å². The molecule has 0 amide bonds. The van der Waals surface area contributed by atoms with Crippen LogP contribution in [0.2, 0.25) is 0 Å². The highest BCUT2D eigenvalue weighted by molar-refractivity contribution is 5.72. The van der Waals surface area contributed by atoms with Crippen LogP contribution in [0.1, 0.15) is 0 Å². The molecule has 0 saturated carbocycles. The quantitative estimate of drug-likeness (QED) is 0.536. The molecule has 1 heterocycles. The molecule has 120 valence electrons. The third-order valence-corrected chi connectivity index (χ3v) is 4.03. The zero-order chi connectivity index (χ0) is 17.1. The molecule has 0 saturated heterocycles. The molecule has 4 aromatic rings. The summed E-state index contributed by atoms with van der Waals surface area (Å²) in [7, 11) is 0. The van der Waals surface area contributed by atoms with Gasteiger partial charge in [0.05, 0.1) is 11.4 Å². The first-order valence-corrected chi connectivity index (χ1v) is 8.15. The molecular formula is C22H17N3. The number of nitrogens with two attached hydrogens (primary N) is 1. The van der Waals surface area contributed by atoms with E-state index in [4.69, 9.17) is 15.7 Å².